The summed E-state index contributed by atoms with van der Waals surface area (Å²) in [6, 6.07) is 3.12. The highest BCUT2D eigenvalue weighted by Gasteiger charge is 2.14. The lowest BCUT2D eigenvalue weighted by molar-refractivity contribution is -0.135. The fraction of sp³-hybridized carbons (Fsp3) is 0.273. The maximum absolute atomic E-state index is 11.3. The Kier molecular flexibility index (Phi) is 3.54. The minimum Gasteiger partial charge on any atom is -0.407 e. The lowest BCUT2D eigenvalue weighted by Crippen LogP contribution is -2.06. The molecule has 0 aliphatic carbocycles. The third kappa shape index (κ3) is 2.70. The maximum Gasteiger partial charge on any atom is 0.402 e. The molecule has 1 aromatic heterocycles. The van der Waals surface area contributed by atoms with E-state index in [2.05, 4.69) is 4.98 Å². The fourth-order valence-corrected chi connectivity index (χ4v) is 1.86. The van der Waals surface area contributed by atoms with E-state index in [4.69, 9.17) is 32.4 Å². The highest BCUT2D eigenvalue weighted by atomic mass is 35.5. The van der Waals surface area contributed by atoms with Crippen LogP contribution in [0, 0.1) is 0 Å². The van der Waals surface area contributed by atoms with Crippen LogP contribution in [0.1, 0.15) is 19.8 Å². The summed E-state index contributed by atoms with van der Waals surface area (Å²) in [5, 5.41) is 0.778. The summed E-state index contributed by atoms with van der Waals surface area (Å²) in [5.41, 5.74) is 0.817. The first kappa shape index (κ1) is 12.2. The Morgan fingerprint density at radius 3 is 2.94 bits per heavy atom. The van der Waals surface area contributed by atoms with Crippen LogP contribution >= 0.6 is 23.2 Å². The summed E-state index contributed by atoms with van der Waals surface area (Å²) in [4.78, 5) is 15.2. The topological polar surface area (TPSA) is 52.3 Å². The predicted octanol–water partition coefficient (Wildman–Crippen LogP) is 3.84. The van der Waals surface area contributed by atoms with Gasteiger partial charge in [-0.3, -0.25) is 4.79 Å². The largest absolute Gasteiger partial charge is 0.407 e. The minimum atomic E-state index is -0.388. The minimum absolute atomic E-state index is 0.109. The normalized spacial score (nSPS) is 10.8. The van der Waals surface area contributed by atoms with Crippen molar-refractivity contribution in [2.24, 2.45) is 0 Å². The van der Waals surface area contributed by atoms with Gasteiger partial charge in [0.2, 0.25) is 0 Å². The van der Waals surface area contributed by atoms with Crippen LogP contribution in [-0.2, 0) is 4.79 Å². The lowest BCUT2D eigenvalue weighted by Gasteiger charge is -1.95. The van der Waals surface area contributed by atoms with Gasteiger partial charge in [-0.2, -0.15) is 4.98 Å². The number of nitrogens with zero attached hydrogens (tertiary/aromatic N) is 1. The van der Waals surface area contributed by atoms with Gasteiger partial charge in [-0.15, -0.1) is 0 Å². The summed E-state index contributed by atoms with van der Waals surface area (Å²) in [5.74, 6) is -0.388. The molecule has 0 fully saturated rings. The van der Waals surface area contributed by atoms with E-state index in [1.165, 1.54) is 6.07 Å². The number of carbonyl (C=O) groups excluding carboxylic acids is 1. The Labute approximate surface area is 107 Å². The number of aromatic nitrogens is 1. The molecule has 0 saturated carbocycles. The second-order valence-corrected chi connectivity index (χ2v) is 4.28. The zero-order valence-electron chi connectivity index (χ0n) is 9.00. The average molecular weight is 274 g/mol. The quantitative estimate of drug-likeness (QED) is 0.798. The highest BCUT2D eigenvalue weighted by molar-refractivity contribution is 6.37. The van der Waals surface area contributed by atoms with Crippen molar-refractivity contribution in [1.29, 1.82) is 0 Å². The van der Waals surface area contributed by atoms with E-state index in [1.54, 1.807) is 6.07 Å². The standard InChI is InChI=1S/C11H9Cl2NO3/c1-2-3-9(15)16-11-14-8-5-6(12)4-7(13)10(8)17-11/h4-5H,2-3H2,1H3. The first-order chi connectivity index (χ1) is 8.10. The molecule has 0 spiro atoms. The molecule has 4 nitrogen and oxygen atoms in total. The molecule has 0 N–H and O–H groups in total. The number of halogens is 2. The molecule has 90 valence electrons. The lowest BCUT2D eigenvalue weighted by atomic mass is 10.3. The molecule has 0 saturated heterocycles. The van der Waals surface area contributed by atoms with E-state index < -0.39 is 0 Å². The second kappa shape index (κ2) is 4.94. The molecule has 2 rings (SSSR count). The van der Waals surface area contributed by atoms with Gasteiger partial charge in [0.05, 0.1) is 5.02 Å². The summed E-state index contributed by atoms with van der Waals surface area (Å²) in [7, 11) is 0. The zero-order chi connectivity index (χ0) is 12.4. The van der Waals surface area contributed by atoms with Gasteiger partial charge in [0.15, 0.2) is 5.58 Å². The van der Waals surface area contributed by atoms with Crippen LogP contribution in [0.15, 0.2) is 16.5 Å². The Bertz CT molecular complexity index is 565. The summed E-state index contributed by atoms with van der Waals surface area (Å²) >= 11 is 11.7. The van der Waals surface area contributed by atoms with Crippen molar-refractivity contribution in [2.45, 2.75) is 19.8 Å². The Morgan fingerprint density at radius 1 is 1.47 bits per heavy atom. The SMILES string of the molecule is CCCC(=O)Oc1nc2cc(Cl)cc(Cl)c2o1. The number of ether oxygens (including phenoxy) is 1. The molecule has 0 atom stereocenters. The number of fused-ring (bicyclic) bond motifs is 1. The molecule has 6 heteroatoms. The third-order valence-electron chi connectivity index (χ3n) is 2.05. The van der Waals surface area contributed by atoms with Crippen LogP contribution in [0.2, 0.25) is 10.0 Å². The number of oxazole rings is 1. The monoisotopic (exact) mass is 273 g/mol. The highest BCUT2D eigenvalue weighted by Crippen LogP contribution is 2.30. The molecule has 0 bridgehead atoms. The molecular formula is C11H9Cl2NO3. The molecular weight excluding hydrogens is 265 g/mol. The van der Waals surface area contributed by atoms with E-state index in [9.17, 15) is 4.79 Å². The average Bonchev–Trinajstić information content (AvgIpc) is 2.60. The van der Waals surface area contributed by atoms with Crippen LogP contribution in [0.5, 0.6) is 6.08 Å². The van der Waals surface area contributed by atoms with Crippen LogP contribution in [0.25, 0.3) is 11.1 Å². The van der Waals surface area contributed by atoms with Gasteiger partial charge in [0.25, 0.3) is 0 Å². The number of hydrogen-bond acceptors (Lipinski definition) is 4. The van der Waals surface area contributed by atoms with Crippen molar-refractivity contribution >= 4 is 40.3 Å². The van der Waals surface area contributed by atoms with E-state index >= 15 is 0 Å². The van der Waals surface area contributed by atoms with Crippen LogP contribution in [0.4, 0.5) is 0 Å². The van der Waals surface area contributed by atoms with E-state index in [0.29, 0.717) is 34.0 Å². The molecule has 0 radical (unpaired) electrons. The molecule has 0 aliphatic rings. The van der Waals surface area contributed by atoms with Crippen molar-refractivity contribution in [3.05, 3.63) is 22.2 Å². The first-order valence-electron chi connectivity index (χ1n) is 5.06. The number of carbonyl (C=O) groups is 1. The number of hydrogen-bond donors (Lipinski definition) is 0. The Hall–Kier alpha value is -1.26. The Balaban J connectivity index is 2.32. The van der Waals surface area contributed by atoms with E-state index in [0.717, 1.165) is 0 Å². The summed E-state index contributed by atoms with van der Waals surface area (Å²) in [6.07, 6.45) is 0.904. The van der Waals surface area contributed by atoms with Crippen molar-refractivity contribution in [3.63, 3.8) is 0 Å². The predicted molar refractivity (Wildman–Crippen MR) is 64.6 cm³/mol. The summed E-state index contributed by atoms with van der Waals surface area (Å²) in [6.45, 7) is 1.88. The number of benzene rings is 1. The van der Waals surface area contributed by atoms with Crippen LogP contribution in [-0.4, -0.2) is 11.0 Å². The molecule has 1 heterocycles. The molecule has 2 aromatic rings. The molecule has 0 aliphatic heterocycles. The zero-order valence-corrected chi connectivity index (χ0v) is 10.5. The van der Waals surface area contributed by atoms with Gasteiger partial charge in [-0.05, 0) is 18.6 Å². The van der Waals surface area contributed by atoms with Crippen molar-refractivity contribution in [3.8, 4) is 6.08 Å². The third-order valence-corrected chi connectivity index (χ3v) is 2.54. The smallest absolute Gasteiger partial charge is 0.402 e. The van der Waals surface area contributed by atoms with E-state index in [1.807, 2.05) is 6.92 Å². The maximum atomic E-state index is 11.3. The van der Waals surface area contributed by atoms with Crippen LogP contribution < -0.4 is 4.74 Å². The van der Waals surface area contributed by atoms with Gasteiger partial charge in [-0.1, -0.05) is 30.1 Å². The van der Waals surface area contributed by atoms with Gasteiger partial charge < -0.3 is 9.15 Å². The van der Waals surface area contributed by atoms with Crippen molar-refractivity contribution in [2.75, 3.05) is 0 Å². The number of rotatable bonds is 3. The molecule has 0 amide bonds. The van der Waals surface area contributed by atoms with Gasteiger partial charge in [-0.25, -0.2) is 0 Å². The van der Waals surface area contributed by atoms with Gasteiger partial charge >= 0.3 is 12.0 Å². The van der Waals surface area contributed by atoms with E-state index in [-0.39, 0.29) is 12.0 Å². The molecule has 17 heavy (non-hydrogen) atoms. The molecule has 0 unspecified atom stereocenters. The van der Waals surface area contributed by atoms with Crippen molar-refractivity contribution in [1.82, 2.24) is 4.98 Å². The second-order valence-electron chi connectivity index (χ2n) is 3.44. The first-order valence-corrected chi connectivity index (χ1v) is 5.82. The fourth-order valence-electron chi connectivity index (χ4n) is 1.34. The van der Waals surface area contributed by atoms with Crippen molar-refractivity contribution < 1.29 is 13.9 Å². The van der Waals surface area contributed by atoms with Crippen LogP contribution in [0.3, 0.4) is 0 Å². The Morgan fingerprint density at radius 2 is 2.24 bits per heavy atom. The number of esters is 1. The van der Waals surface area contributed by atoms with Gasteiger partial charge in [0.1, 0.15) is 5.52 Å². The summed E-state index contributed by atoms with van der Waals surface area (Å²) < 4.78 is 10.1. The van der Waals surface area contributed by atoms with Gasteiger partial charge in [0, 0.05) is 11.4 Å². The molecule has 1 aromatic carbocycles.